The maximum atomic E-state index is 12.7. The number of benzene rings is 2. The number of hydrogen-bond donors (Lipinski definition) is 0. The summed E-state index contributed by atoms with van der Waals surface area (Å²) in [5.74, 6) is -0.0177. The van der Waals surface area contributed by atoms with Crippen molar-refractivity contribution in [3.8, 4) is 0 Å². The third kappa shape index (κ3) is 2.32. The van der Waals surface area contributed by atoms with E-state index in [0.717, 1.165) is 23.5 Å². The molecule has 0 radical (unpaired) electrons. The molecular weight excluding hydrogens is 290 g/mol. The van der Waals surface area contributed by atoms with E-state index in [2.05, 4.69) is 6.07 Å². The van der Waals surface area contributed by atoms with Crippen LogP contribution in [0.3, 0.4) is 0 Å². The summed E-state index contributed by atoms with van der Waals surface area (Å²) >= 11 is 7.80. The van der Waals surface area contributed by atoms with Gasteiger partial charge in [-0.3, -0.25) is 4.79 Å². The zero-order valence-corrected chi connectivity index (χ0v) is 12.7. The molecule has 0 aliphatic carbocycles. The summed E-state index contributed by atoms with van der Waals surface area (Å²) in [4.78, 5) is 15.6. The van der Waals surface area contributed by atoms with E-state index >= 15 is 0 Å². The van der Waals surface area contributed by atoms with Crippen LogP contribution in [0.25, 0.3) is 0 Å². The average molecular weight is 304 g/mol. The lowest BCUT2D eigenvalue weighted by Crippen LogP contribution is -2.29. The molecule has 0 saturated carbocycles. The third-order valence-electron chi connectivity index (χ3n) is 3.54. The molecule has 1 aliphatic heterocycles. The van der Waals surface area contributed by atoms with E-state index in [1.54, 1.807) is 17.8 Å². The molecule has 0 unspecified atom stereocenters. The van der Waals surface area contributed by atoms with E-state index in [1.165, 1.54) is 5.56 Å². The van der Waals surface area contributed by atoms with Crippen molar-refractivity contribution in [1.29, 1.82) is 0 Å². The van der Waals surface area contributed by atoms with Crippen LogP contribution in [-0.2, 0) is 6.42 Å². The Balaban J connectivity index is 1.98. The molecule has 4 heteroatoms. The van der Waals surface area contributed by atoms with Crippen LogP contribution in [-0.4, -0.2) is 18.7 Å². The van der Waals surface area contributed by atoms with E-state index in [0.29, 0.717) is 10.6 Å². The van der Waals surface area contributed by atoms with Gasteiger partial charge < -0.3 is 4.90 Å². The van der Waals surface area contributed by atoms with Gasteiger partial charge in [-0.2, -0.15) is 0 Å². The number of thioether (sulfide) groups is 1. The highest BCUT2D eigenvalue weighted by molar-refractivity contribution is 7.98. The van der Waals surface area contributed by atoms with Crippen LogP contribution < -0.4 is 4.90 Å². The van der Waals surface area contributed by atoms with Crippen LogP contribution in [0.5, 0.6) is 0 Å². The second-order valence-electron chi connectivity index (χ2n) is 4.68. The molecule has 2 nitrogen and oxygen atoms in total. The predicted octanol–water partition coefficient (Wildman–Crippen LogP) is 4.26. The highest BCUT2D eigenvalue weighted by Crippen LogP contribution is 2.31. The average Bonchev–Trinajstić information content (AvgIpc) is 2.91. The van der Waals surface area contributed by atoms with E-state index in [-0.39, 0.29) is 5.91 Å². The second-order valence-corrected chi connectivity index (χ2v) is 5.97. The zero-order chi connectivity index (χ0) is 14.1. The van der Waals surface area contributed by atoms with E-state index in [9.17, 15) is 4.79 Å². The predicted molar refractivity (Wildman–Crippen MR) is 85.1 cm³/mol. The number of carbonyl (C=O) groups is 1. The Morgan fingerprint density at radius 3 is 2.85 bits per heavy atom. The monoisotopic (exact) mass is 303 g/mol. The Kier molecular flexibility index (Phi) is 3.72. The molecule has 0 spiro atoms. The minimum atomic E-state index is -0.0177. The Morgan fingerprint density at radius 1 is 1.25 bits per heavy atom. The number of amides is 1. The largest absolute Gasteiger partial charge is 0.308 e. The van der Waals surface area contributed by atoms with Gasteiger partial charge in [-0.25, -0.2) is 0 Å². The van der Waals surface area contributed by atoms with Gasteiger partial charge in [-0.05, 0) is 42.5 Å². The molecule has 0 bridgehead atoms. The lowest BCUT2D eigenvalue weighted by atomic mass is 10.1. The first-order valence-electron chi connectivity index (χ1n) is 6.44. The maximum absolute atomic E-state index is 12.7. The summed E-state index contributed by atoms with van der Waals surface area (Å²) in [6.07, 6.45) is 2.89. The van der Waals surface area contributed by atoms with Gasteiger partial charge in [-0.15, -0.1) is 11.8 Å². The summed E-state index contributed by atoms with van der Waals surface area (Å²) in [5, 5.41) is 0.511. The van der Waals surface area contributed by atoms with Gasteiger partial charge in [0.1, 0.15) is 0 Å². The summed E-state index contributed by atoms with van der Waals surface area (Å²) < 4.78 is 0. The molecule has 102 valence electrons. The van der Waals surface area contributed by atoms with Crippen LogP contribution >= 0.6 is 23.4 Å². The molecule has 1 amide bonds. The molecule has 2 aromatic rings. The number of para-hydroxylation sites is 1. The van der Waals surface area contributed by atoms with Crippen molar-refractivity contribution < 1.29 is 4.79 Å². The van der Waals surface area contributed by atoms with Crippen LogP contribution in [0.2, 0.25) is 5.02 Å². The first-order valence-corrected chi connectivity index (χ1v) is 8.04. The number of hydrogen-bond acceptors (Lipinski definition) is 2. The summed E-state index contributed by atoms with van der Waals surface area (Å²) in [6.45, 7) is 0.720. The van der Waals surface area contributed by atoms with Gasteiger partial charge in [0.2, 0.25) is 0 Å². The summed E-state index contributed by atoms with van der Waals surface area (Å²) in [6, 6.07) is 13.6. The number of fused-ring (bicyclic) bond motifs is 1. The van der Waals surface area contributed by atoms with E-state index in [1.807, 2.05) is 41.5 Å². The van der Waals surface area contributed by atoms with Crippen molar-refractivity contribution in [3.63, 3.8) is 0 Å². The molecular formula is C16H14ClNOS. The van der Waals surface area contributed by atoms with Crippen molar-refractivity contribution in [2.24, 2.45) is 0 Å². The Hall–Kier alpha value is -1.45. The molecule has 0 saturated heterocycles. The van der Waals surface area contributed by atoms with Gasteiger partial charge in [0.15, 0.2) is 0 Å². The van der Waals surface area contributed by atoms with Gasteiger partial charge in [0.25, 0.3) is 5.91 Å². The Bertz CT molecular complexity index is 671. The molecule has 0 atom stereocenters. The molecule has 1 aliphatic rings. The van der Waals surface area contributed by atoms with Gasteiger partial charge in [0.05, 0.1) is 10.6 Å². The van der Waals surface area contributed by atoms with E-state index in [4.69, 9.17) is 11.6 Å². The topological polar surface area (TPSA) is 20.3 Å². The van der Waals surface area contributed by atoms with Crippen LogP contribution in [0.1, 0.15) is 15.9 Å². The Labute approximate surface area is 127 Å². The first kappa shape index (κ1) is 13.5. The molecule has 1 heterocycles. The molecule has 3 rings (SSSR count). The summed E-state index contributed by atoms with van der Waals surface area (Å²) in [7, 11) is 0. The van der Waals surface area contributed by atoms with Crippen LogP contribution in [0.4, 0.5) is 5.69 Å². The quantitative estimate of drug-likeness (QED) is 0.772. The minimum absolute atomic E-state index is 0.0177. The van der Waals surface area contributed by atoms with Crippen molar-refractivity contribution in [3.05, 3.63) is 58.6 Å². The molecule has 2 aromatic carbocycles. The Morgan fingerprint density at radius 2 is 2.05 bits per heavy atom. The van der Waals surface area contributed by atoms with Gasteiger partial charge >= 0.3 is 0 Å². The normalized spacial score (nSPS) is 13.4. The number of nitrogens with zero attached hydrogens (tertiary/aromatic N) is 1. The van der Waals surface area contributed by atoms with Crippen LogP contribution in [0.15, 0.2) is 47.4 Å². The zero-order valence-electron chi connectivity index (χ0n) is 11.1. The molecule has 0 aromatic heterocycles. The highest BCUT2D eigenvalue weighted by atomic mass is 35.5. The van der Waals surface area contributed by atoms with Gasteiger partial charge in [-0.1, -0.05) is 29.8 Å². The lowest BCUT2D eigenvalue weighted by Gasteiger charge is -2.18. The smallest absolute Gasteiger partial charge is 0.259 e. The SMILES string of the molecule is CSc1ccc(Cl)c(C(=O)N2CCc3ccccc32)c1. The molecule has 0 N–H and O–H groups in total. The number of rotatable bonds is 2. The highest BCUT2D eigenvalue weighted by Gasteiger charge is 2.26. The fourth-order valence-corrected chi connectivity index (χ4v) is 3.13. The van der Waals surface area contributed by atoms with Crippen LogP contribution in [0, 0.1) is 0 Å². The van der Waals surface area contributed by atoms with Gasteiger partial charge in [0, 0.05) is 17.1 Å². The van der Waals surface area contributed by atoms with Crippen molar-refractivity contribution in [1.82, 2.24) is 0 Å². The fraction of sp³-hybridized carbons (Fsp3) is 0.188. The standard InChI is InChI=1S/C16H14ClNOS/c1-20-12-6-7-14(17)13(10-12)16(19)18-9-8-11-4-2-3-5-15(11)18/h2-7,10H,8-9H2,1H3. The third-order valence-corrected chi connectivity index (χ3v) is 4.59. The molecule has 20 heavy (non-hydrogen) atoms. The number of halogens is 1. The van der Waals surface area contributed by atoms with Crippen molar-refractivity contribution in [2.45, 2.75) is 11.3 Å². The summed E-state index contributed by atoms with van der Waals surface area (Å²) in [5.41, 5.74) is 2.80. The fourth-order valence-electron chi connectivity index (χ4n) is 2.49. The number of carbonyl (C=O) groups excluding carboxylic acids is 1. The van der Waals surface area contributed by atoms with Crippen molar-refractivity contribution in [2.75, 3.05) is 17.7 Å². The maximum Gasteiger partial charge on any atom is 0.259 e. The first-order chi connectivity index (χ1) is 9.70. The van der Waals surface area contributed by atoms with Crippen molar-refractivity contribution >= 4 is 35.0 Å². The lowest BCUT2D eigenvalue weighted by molar-refractivity contribution is 0.0989. The number of anilines is 1. The van der Waals surface area contributed by atoms with E-state index < -0.39 is 0 Å². The molecule has 0 fully saturated rings. The second kappa shape index (κ2) is 5.51. The minimum Gasteiger partial charge on any atom is -0.308 e.